The fourth-order valence-corrected chi connectivity index (χ4v) is 2.52. The predicted octanol–water partition coefficient (Wildman–Crippen LogP) is 4.23. The van der Waals surface area contributed by atoms with E-state index in [0.717, 1.165) is 11.3 Å². The Kier molecular flexibility index (Phi) is 5.81. The van der Waals surface area contributed by atoms with Gasteiger partial charge in [0, 0.05) is 29.4 Å². The smallest absolute Gasteiger partial charge is 0.306 e. The molecule has 3 rings (SSSR count). The van der Waals surface area contributed by atoms with Crippen molar-refractivity contribution in [2.75, 3.05) is 0 Å². The number of benzene rings is 2. The van der Waals surface area contributed by atoms with Crippen LogP contribution in [0.25, 0.3) is 5.69 Å². The summed E-state index contributed by atoms with van der Waals surface area (Å²) in [5.41, 5.74) is 2.34. The average Bonchev–Trinajstić information content (AvgIpc) is 3.20. The van der Waals surface area contributed by atoms with Gasteiger partial charge in [-0.05, 0) is 48.0 Å². The molecule has 26 heavy (non-hydrogen) atoms. The zero-order chi connectivity index (χ0) is 18.4. The number of Topliss-reactive ketones (excluding diaryl/α,β-unsaturated/α-hetero) is 1. The Bertz CT molecular complexity index is 872. The van der Waals surface area contributed by atoms with Gasteiger partial charge in [-0.15, -0.1) is 0 Å². The monoisotopic (exact) mass is 368 g/mol. The van der Waals surface area contributed by atoms with E-state index in [1.807, 2.05) is 36.5 Å². The maximum Gasteiger partial charge on any atom is 0.306 e. The van der Waals surface area contributed by atoms with Gasteiger partial charge in [-0.2, -0.15) is 5.10 Å². The number of rotatable bonds is 7. The molecule has 0 atom stereocenters. The number of hydrogen-bond donors (Lipinski definition) is 0. The molecule has 0 unspecified atom stereocenters. The minimum absolute atomic E-state index is 0.0484. The van der Waals surface area contributed by atoms with Crippen molar-refractivity contribution in [3.63, 3.8) is 0 Å². The minimum Gasteiger partial charge on any atom is -0.461 e. The van der Waals surface area contributed by atoms with Crippen molar-refractivity contribution in [2.45, 2.75) is 19.4 Å². The van der Waals surface area contributed by atoms with Crippen LogP contribution >= 0.6 is 11.6 Å². The second-order valence-electron chi connectivity index (χ2n) is 5.71. The fraction of sp³-hybridized carbons (Fsp3) is 0.150. The lowest BCUT2D eigenvalue weighted by molar-refractivity contribution is -0.144. The standard InChI is InChI=1S/C20H17ClN2O3/c21-17-6-4-16(5-7-17)19(24)10-11-20(25)26-14-15-2-8-18(9-3-15)23-13-1-12-22-23/h1-9,12-13H,10-11,14H2. The van der Waals surface area contributed by atoms with Crippen molar-refractivity contribution in [3.8, 4) is 5.69 Å². The first-order chi connectivity index (χ1) is 12.6. The normalized spacial score (nSPS) is 10.5. The van der Waals surface area contributed by atoms with E-state index in [2.05, 4.69) is 5.10 Å². The Balaban J connectivity index is 1.45. The number of hydrogen-bond acceptors (Lipinski definition) is 4. The molecule has 0 aliphatic rings. The molecule has 1 heterocycles. The van der Waals surface area contributed by atoms with E-state index in [9.17, 15) is 9.59 Å². The maximum absolute atomic E-state index is 12.0. The van der Waals surface area contributed by atoms with E-state index >= 15 is 0 Å². The van der Waals surface area contributed by atoms with Crippen LogP contribution in [-0.4, -0.2) is 21.5 Å². The highest BCUT2D eigenvalue weighted by Gasteiger charge is 2.10. The number of esters is 1. The van der Waals surface area contributed by atoms with Gasteiger partial charge in [0.15, 0.2) is 5.78 Å². The summed E-state index contributed by atoms with van der Waals surface area (Å²) in [5.74, 6) is -0.509. The number of halogens is 1. The summed E-state index contributed by atoms with van der Waals surface area (Å²) >= 11 is 5.79. The van der Waals surface area contributed by atoms with Gasteiger partial charge in [0.25, 0.3) is 0 Å². The highest BCUT2D eigenvalue weighted by atomic mass is 35.5. The van der Waals surface area contributed by atoms with Crippen molar-refractivity contribution in [1.29, 1.82) is 0 Å². The number of nitrogens with zero attached hydrogens (tertiary/aromatic N) is 2. The Morgan fingerprint density at radius 3 is 2.38 bits per heavy atom. The fourth-order valence-electron chi connectivity index (χ4n) is 2.40. The summed E-state index contributed by atoms with van der Waals surface area (Å²) in [6.07, 6.45) is 3.72. The van der Waals surface area contributed by atoms with Crippen LogP contribution in [0, 0.1) is 0 Å². The van der Waals surface area contributed by atoms with Gasteiger partial charge in [-0.3, -0.25) is 9.59 Å². The lowest BCUT2D eigenvalue weighted by Crippen LogP contribution is -2.08. The van der Waals surface area contributed by atoms with Crippen LogP contribution in [0.1, 0.15) is 28.8 Å². The maximum atomic E-state index is 12.0. The third kappa shape index (κ3) is 4.80. The van der Waals surface area contributed by atoms with Crippen molar-refractivity contribution in [3.05, 3.63) is 83.1 Å². The molecule has 0 bridgehead atoms. The van der Waals surface area contributed by atoms with Crippen molar-refractivity contribution in [2.24, 2.45) is 0 Å². The number of carbonyl (C=O) groups excluding carboxylic acids is 2. The van der Waals surface area contributed by atoms with Crippen LogP contribution in [-0.2, 0) is 16.1 Å². The molecule has 0 amide bonds. The first kappa shape index (κ1) is 17.9. The molecule has 1 aromatic heterocycles. The van der Waals surface area contributed by atoms with Gasteiger partial charge in [0.2, 0.25) is 0 Å². The van der Waals surface area contributed by atoms with E-state index in [1.54, 1.807) is 35.1 Å². The molecule has 0 spiro atoms. The van der Waals surface area contributed by atoms with Crippen LogP contribution < -0.4 is 0 Å². The predicted molar refractivity (Wildman–Crippen MR) is 98.4 cm³/mol. The van der Waals surface area contributed by atoms with Gasteiger partial charge in [0.1, 0.15) is 6.61 Å². The van der Waals surface area contributed by atoms with E-state index in [4.69, 9.17) is 16.3 Å². The molecule has 0 fully saturated rings. The second kappa shape index (κ2) is 8.45. The summed E-state index contributed by atoms with van der Waals surface area (Å²) in [4.78, 5) is 23.9. The summed E-state index contributed by atoms with van der Waals surface area (Å²) < 4.78 is 6.98. The number of ketones is 1. The highest BCUT2D eigenvalue weighted by molar-refractivity contribution is 6.30. The van der Waals surface area contributed by atoms with Crippen LogP contribution in [0.5, 0.6) is 0 Å². The van der Waals surface area contributed by atoms with E-state index in [-0.39, 0.29) is 25.2 Å². The number of aromatic nitrogens is 2. The number of ether oxygens (including phenoxy) is 1. The molecular weight excluding hydrogens is 352 g/mol. The topological polar surface area (TPSA) is 61.2 Å². The van der Waals surface area contributed by atoms with Gasteiger partial charge < -0.3 is 4.74 Å². The molecular formula is C20H17ClN2O3. The molecule has 3 aromatic rings. The third-order valence-corrected chi connectivity index (χ3v) is 4.08. The van der Waals surface area contributed by atoms with Gasteiger partial charge in [0.05, 0.1) is 12.1 Å². The minimum atomic E-state index is -0.400. The first-order valence-electron chi connectivity index (χ1n) is 8.15. The lowest BCUT2D eigenvalue weighted by Gasteiger charge is -2.06. The van der Waals surface area contributed by atoms with Crippen molar-refractivity contribution >= 4 is 23.4 Å². The van der Waals surface area contributed by atoms with E-state index in [0.29, 0.717) is 10.6 Å². The Labute approximate surface area is 156 Å². The number of carbonyl (C=O) groups is 2. The van der Waals surface area contributed by atoms with Crippen molar-refractivity contribution in [1.82, 2.24) is 9.78 Å². The summed E-state index contributed by atoms with van der Waals surface area (Å²) in [6.45, 7) is 0.174. The molecule has 5 nitrogen and oxygen atoms in total. The molecule has 0 N–H and O–H groups in total. The van der Waals surface area contributed by atoms with E-state index in [1.165, 1.54) is 0 Å². The molecule has 0 radical (unpaired) electrons. The molecule has 0 aliphatic carbocycles. The molecule has 0 aliphatic heterocycles. The Morgan fingerprint density at radius 2 is 1.73 bits per heavy atom. The van der Waals surface area contributed by atoms with Gasteiger partial charge in [-0.25, -0.2) is 4.68 Å². The molecule has 0 saturated heterocycles. The average molecular weight is 369 g/mol. The highest BCUT2D eigenvalue weighted by Crippen LogP contribution is 2.13. The third-order valence-electron chi connectivity index (χ3n) is 3.83. The zero-order valence-electron chi connectivity index (χ0n) is 14.0. The van der Waals surface area contributed by atoms with Crippen molar-refractivity contribution < 1.29 is 14.3 Å². The van der Waals surface area contributed by atoms with E-state index < -0.39 is 5.97 Å². The first-order valence-corrected chi connectivity index (χ1v) is 8.53. The summed E-state index contributed by atoms with van der Waals surface area (Å²) in [7, 11) is 0. The lowest BCUT2D eigenvalue weighted by atomic mass is 10.1. The SMILES string of the molecule is O=C(CCC(=O)c1ccc(Cl)cc1)OCc1ccc(-n2cccn2)cc1. The zero-order valence-corrected chi connectivity index (χ0v) is 14.7. The summed E-state index contributed by atoms with van der Waals surface area (Å²) in [6, 6.07) is 16.0. The van der Waals surface area contributed by atoms with Crippen LogP contribution in [0.2, 0.25) is 5.02 Å². The molecule has 2 aromatic carbocycles. The van der Waals surface area contributed by atoms with Crippen LogP contribution in [0.3, 0.4) is 0 Å². The second-order valence-corrected chi connectivity index (χ2v) is 6.14. The Morgan fingerprint density at radius 1 is 1.00 bits per heavy atom. The molecule has 0 saturated carbocycles. The summed E-state index contributed by atoms with van der Waals surface area (Å²) in [5, 5.41) is 4.72. The molecule has 6 heteroatoms. The van der Waals surface area contributed by atoms with Crippen LogP contribution in [0.4, 0.5) is 0 Å². The quantitative estimate of drug-likeness (QED) is 0.462. The van der Waals surface area contributed by atoms with Gasteiger partial charge in [-0.1, -0.05) is 23.7 Å². The van der Waals surface area contributed by atoms with Crippen LogP contribution in [0.15, 0.2) is 67.0 Å². The van der Waals surface area contributed by atoms with Gasteiger partial charge >= 0.3 is 5.97 Å². The molecule has 132 valence electrons. The Hall–Kier alpha value is -2.92. The largest absolute Gasteiger partial charge is 0.461 e.